The van der Waals surface area contributed by atoms with Gasteiger partial charge in [0, 0.05) is 12.6 Å². The minimum Gasteiger partial charge on any atom is -0.338 e. The van der Waals surface area contributed by atoms with Crippen LogP contribution in [-0.2, 0) is 4.79 Å². The van der Waals surface area contributed by atoms with E-state index in [1.54, 1.807) is 0 Å². The van der Waals surface area contributed by atoms with Crippen molar-refractivity contribution in [3.8, 4) is 0 Å². The van der Waals surface area contributed by atoms with E-state index in [0.29, 0.717) is 6.04 Å². The number of hydrogen-bond acceptors (Lipinski definition) is 2. The fourth-order valence-corrected chi connectivity index (χ4v) is 2.31. The SMILES string of the molecule is CCCCC(N)C(=O)N1CCCC1CC. The standard InChI is InChI=1S/C12H24N2O/c1-3-5-8-11(13)12(15)14-9-6-7-10(14)4-2/h10-11H,3-9,13H2,1-2H3. The zero-order valence-electron chi connectivity index (χ0n) is 10.0. The predicted molar refractivity (Wildman–Crippen MR) is 62.5 cm³/mol. The first-order valence-electron chi connectivity index (χ1n) is 6.26. The maximum absolute atomic E-state index is 12.0. The van der Waals surface area contributed by atoms with Crippen LogP contribution in [0.15, 0.2) is 0 Å². The Hall–Kier alpha value is -0.570. The molecule has 3 nitrogen and oxygen atoms in total. The Labute approximate surface area is 93.0 Å². The van der Waals surface area contributed by atoms with Crippen molar-refractivity contribution in [1.82, 2.24) is 4.90 Å². The lowest BCUT2D eigenvalue weighted by Crippen LogP contribution is -2.45. The zero-order chi connectivity index (χ0) is 11.3. The lowest BCUT2D eigenvalue weighted by Gasteiger charge is -2.26. The summed E-state index contributed by atoms with van der Waals surface area (Å²) in [4.78, 5) is 14.0. The molecule has 15 heavy (non-hydrogen) atoms. The summed E-state index contributed by atoms with van der Waals surface area (Å²) in [7, 11) is 0. The van der Waals surface area contributed by atoms with Gasteiger partial charge in [-0.25, -0.2) is 0 Å². The molecule has 1 amide bonds. The topological polar surface area (TPSA) is 46.3 Å². The summed E-state index contributed by atoms with van der Waals surface area (Å²) in [5.41, 5.74) is 5.91. The monoisotopic (exact) mass is 212 g/mol. The fraction of sp³-hybridized carbons (Fsp3) is 0.917. The van der Waals surface area contributed by atoms with Crippen molar-refractivity contribution >= 4 is 5.91 Å². The lowest BCUT2D eigenvalue weighted by molar-refractivity contribution is -0.133. The Morgan fingerprint density at radius 3 is 2.87 bits per heavy atom. The largest absolute Gasteiger partial charge is 0.338 e. The van der Waals surface area contributed by atoms with Crippen molar-refractivity contribution in [2.45, 2.75) is 64.5 Å². The molecule has 0 spiro atoms. The quantitative estimate of drug-likeness (QED) is 0.756. The van der Waals surface area contributed by atoms with Gasteiger partial charge in [-0.2, -0.15) is 0 Å². The zero-order valence-corrected chi connectivity index (χ0v) is 10.0. The van der Waals surface area contributed by atoms with Gasteiger partial charge in [-0.1, -0.05) is 26.7 Å². The molecular weight excluding hydrogens is 188 g/mol. The second kappa shape index (κ2) is 6.11. The molecule has 1 heterocycles. The Morgan fingerprint density at radius 1 is 1.53 bits per heavy atom. The Balaban J connectivity index is 2.44. The van der Waals surface area contributed by atoms with Gasteiger partial charge in [0.1, 0.15) is 0 Å². The van der Waals surface area contributed by atoms with Gasteiger partial charge in [-0.15, -0.1) is 0 Å². The molecule has 0 aromatic carbocycles. The van der Waals surface area contributed by atoms with E-state index in [4.69, 9.17) is 5.73 Å². The van der Waals surface area contributed by atoms with Crippen LogP contribution in [0.3, 0.4) is 0 Å². The minimum atomic E-state index is -0.267. The van der Waals surface area contributed by atoms with Crippen molar-refractivity contribution in [2.75, 3.05) is 6.54 Å². The molecule has 0 aromatic heterocycles. The average molecular weight is 212 g/mol. The van der Waals surface area contributed by atoms with E-state index < -0.39 is 0 Å². The van der Waals surface area contributed by atoms with Crippen LogP contribution in [0.2, 0.25) is 0 Å². The fourth-order valence-electron chi connectivity index (χ4n) is 2.31. The number of amides is 1. The molecule has 0 aromatic rings. The molecule has 2 unspecified atom stereocenters. The number of nitrogens with zero attached hydrogens (tertiary/aromatic N) is 1. The molecule has 0 radical (unpaired) electrons. The minimum absolute atomic E-state index is 0.174. The highest BCUT2D eigenvalue weighted by Gasteiger charge is 2.29. The van der Waals surface area contributed by atoms with E-state index in [2.05, 4.69) is 13.8 Å². The normalized spacial score (nSPS) is 23.1. The van der Waals surface area contributed by atoms with Crippen molar-refractivity contribution in [3.63, 3.8) is 0 Å². The molecule has 2 N–H and O–H groups in total. The maximum Gasteiger partial charge on any atom is 0.239 e. The molecule has 1 aliphatic heterocycles. The molecule has 1 rings (SSSR count). The molecule has 0 bridgehead atoms. The lowest BCUT2D eigenvalue weighted by atomic mass is 10.1. The Kier molecular flexibility index (Phi) is 5.09. The highest BCUT2D eigenvalue weighted by molar-refractivity contribution is 5.82. The van der Waals surface area contributed by atoms with Crippen molar-refractivity contribution < 1.29 is 4.79 Å². The van der Waals surface area contributed by atoms with Crippen LogP contribution in [-0.4, -0.2) is 29.4 Å². The maximum atomic E-state index is 12.0. The van der Waals surface area contributed by atoms with Crippen LogP contribution >= 0.6 is 0 Å². The molecule has 1 saturated heterocycles. The molecule has 2 atom stereocenters. The van der Waals surface area contributed by atoms with E-state index in [-0.39, 0.29) is 11.9 Å². The number of nitrogens with two attached hydrogens (primary N) is 1. The number of carbonyl (C=O) groups is 1. The summed E-state index contributed by atoms with van der Waals surface area (Å²) in [6.07, 6.45) is 6.36. The van der Waals surface area contributed by atoms with Gasteiger partial charge in [-0.3, -0.25) is 4.79 Å². The number of likely N-dealkylation sites (tertiary alicyclic amines) is 1. The second-order valence-corrected chi connectivity index (χ2v) is 4.48. The third kappa shape index (κ3) is 3.20. The van der Waals surface area contributed by atoms with Crippen LogP contribution in [0.5, 0.6) is 0 Å². The summed E-state index contributed by atoms with van der Waals surface area (Å²) in [5.74, 6) is 0.174. The number of unbranched alkanes of at least 4 members (excludes halogenated alkanes) is 1. The smallest absolute Gasteiger partial charge is 0.239 e. The van der Waals surface area contributed by atoms with Gasteiger partial charge in [0.15, 0.2) is 0 Å². The number of rotatable bonds is 5. The highest BCUT2D eigenvalue weighted by atomic mass is 16.2. The average Bonchev–Trinajstić information content (AvgIpc) is 2.72. The van der Waals surface area contributed by atoms with Gasteiger partial charge >= 0.3 is 0 Å². The van der Waals surface area contributed by atoms with Crippen LogP contribution in [0.25, 0.3) is 0 Å². The molecule has 1 aliphatic rings. The van der Waals surface area contributed by atoms with Crippen LogP contribution in [0.1, 0.15) is 52.4 Å². The van der Waals surface area contributed by atoms with Crippen molar-refractivity contribution in [2.24, 2.45) is 5.73 Å². The summed E-state index contributed by atoms with van der Waals surface area (Å²) in [6.45, 7) is 5.19. The first kappa shape index (κ1) is 12.5. The van der Waals surface area contributed by atoms with Gasteiger partial charge in [0.25, 0.3) is 0 Å². The molecule has 0 aliphatic carbocycles. The van der Waals surface area contributed by atoms with E-state index in [1.165, 1.54) is 0 Å². The first-order valence-corrected chi connectivity index (χ1v) is 6.26. The van der Waals surface area contributed by atoms with Crippen LogP contribution in [0, 0.1) is 0 Å². The van der Waals surface area contributed by atoms with E-state index in [9.17, 15) is 4.79 Å². The summed E-state index contributed by atoms with van der Waals surface area (Å²) < 4.78 is 0. The summed E-state index contributed by atoms with van der Waals surface area (Å²) in [5, 5.41) is 0. The molecule has 88 valence electrons. The third-order valence-corrected chi connectivity index (χ3v) is 3.32. The van der Waals surface area contributed by atoms with E-state index in [1.807, 2.05) is 4.90 Å². The predicted octanol–water partition coefficient (Wildman–Crippen LogP) is 1.90. The second-order valence-electron chi connectivity index (χ2n) is 4.48. The van der Waals surface area contributed by atoms with Crippen LogP contribution < -0.4 is 5.73 Å². The van der Waals surface area contributed by atoms with Crippen molar-refractivity contribution in [1.29, 1.82) is 0 Å². The van der Waals surface area contributed by atoms with Gasteiger partial charge in [0.05, 0.1) is 6.04 Å². The van der Waals surface area contributed by atoms with Gasteiger partial charge in [0.2, 0.25) is 5.91 Å². The summed E-state index contributed by atoms with van der Waals surface area (Å²) in [6, 6.07) is 0.183. The molecule has 1 fully saturated rings. The number of carbonyl (C=O) groups excluding carboxylic acids is 1. The van der Waals surface area contributed by atoms with E-state index in [0.717, 1.165) is 45.1 Å². The Morgan fingerprint density at radius 2 is 2.27 bits per heavy atom. The Bertz CT molecular complexity index is 206. The molecule has 0 saturated carbocycles. The third-order valence-electron chi connectivity index (χ3n) is 3.32. The van der Waals surface area contributed by atoms with Gasteiger partial charge < -0.3 is 10.6 Å². The molecule has 3 heteroatoms. The molecular formula is C12H24N2O. The van der Waals surface area contributed by atoms with Gasteiger partial charge in [-0.05, 0) is 25.7 Å². The summed E-state index contributed by atoms with van der Waals surface area (Å²) >= 11 is 0. The first-order chi connectivity index (χ1) is 7.20. The highest BCUT2D eigenvalue weighted by Crippen LogP contribution is 2.21. The van der Waals surface area contributed by atoms with Crippen molar-refractivity contribution in [3.05, 3.63) is 0 Å². The van der Waals surface area contributed by atoms with Crippen LogP contribution in [0.4, 0.5) is 0 Å². The van der Waals surface area contributed by atoms with E-state index >= 15 is 0 Å². The number of hydrogen-bond donors (Lipinski definition) is 1.